The molecule has 11 heteroatoms. The molecule has 3 rings (SSSR count). The molecule has 0 saturated carbocycles. The highest BCUT2D eigenvalue weighted by atomic mass is 16.5. The number of fused-ring (bicyclic) bond motifs is 1. The Morgan fingerprint density at radius 1 is 0.833 bits per heavy atom. The topological polar surface area (TPSA) is 140 Å². The van der Waals surface area contributed by atoms with Gasteiger partial charge in [-0.25, -0.2) is 0 Å². The van der Waals surface area contributed by atoms with Gasteiger partial charge in [-0.2, -0.15) is 0 Å². The minimum Gasteiger partial charge on any atom is -0.379 e. The number of hydrogen-bond donors (Lipinski definition) is 2. The zero-order valence-corrected chi connectivity index (χ0v) is 24.8. The quantitative estimate of drug-likeness (QED) is 0.163. The summed E-state index contributed by atoms with van der Waals surface area (Å²) in [6.45, 7) is 5.79. The predicted molar refractivity (Wildman–Crippen MR) is 156 cm³/mol. The molecule has 2 aliphatic rings. The average molecular weight is 588 g/mol. The fraction of sp³-hybridized carbons (Fsp3) is 0.645. The van der Waals surface area contributed by atoms with Gasteiger partial charge in [-0.15, -0.1) is 0 Å². The van der Waals surface area contributed by atoms with E-state index >= 15 is 0 Å². The number of amides is 5. The van der Waals surface area contributed by atoms with Gasteiger partial charge in [0.25, 0.3) is 11.8 Å². The Hall–Kier alpha value is -3.15. The smallest absolute Gasteiger partial charge is 0.264 e. The maximum atomic E-state index is 13.1. The molecule has 0 aromatic heterocycles. The number of anilines is 1. The minimum absolute atomic E-state index is 0.0427. The Labute approximate surface area is 248 Å². The van der Waals surface area contributed by atoms with Gasteiger partial charge in [-0.3, -0.25) is 34.2 Å². The van der Waals surface area contributed by atoms with E-state index in [1.54, 1.807) is 12.1 Å². The monoisotopic (exact) mass is 587 g/mol. The number of ether oxygens (including phenoxy) is 3. The molecule has 42 heavy (non-hydrogen) atoms. The molecule has 0 bridgehead atoms. The molecular weight excluding hydrogens is 542 g/mol. The maximum Gasteiger partial charge on any atom is 0.264 e. The third-order valence-corrected chi connectivity index (χ3v) is 7.32. The van der Waals surface area contributed by atoms with E-state index in [0.29, 0.717) is 39.5 Å². The summed E-state index contributed by atoms with van der Waals surface area (Å²) in [5.74, 6) is -2.63. The van der Waals surface area contributed by atoms with Gasteiger partial charge in [0.15, 0.2) is 0 Å². The SMILES string of the molecule is CCCCCCCCOCCOCCOCCCCCC(=O)Nc1cccc2c1C(=O)N(C1CCC(=O)NC1=O)C2=O. The van der Waals surface area contributed by atoms with Gasteiger partial charge in [0.2, 0.25) is 17.7 Å². The van der Waals surface area contributed by atoms with E-state index in [4.69, 9.17) is 14.2 Å². The summed E-state index contributed by atoms with van der Waals surface area (Å²) >= 11 is 0. The van der Waals surface area contributed by atoms with Crippen molar-refractivity contribution in [3.8, 4) is 0 Å². The van der Waals surface area contributed by atoms with Crippen LogP contribution in [0.1, 0.15) is 105 Å². The Kier molecular flexibility index (Phi) is 14.6. The lowest BCUT2D eigenvalue weighted by Gasteiger charge is -2.27. The molecule has 1 fully saturated rings. The van der Waals surface area contributed by atoms with Crippen LogP contribution < -0.4 is 10.6 Å². The summed E-state index contributed by atoms with van der Waals surface area (Å²) in [6, 6.07) is 3.58. The highest BCUT2D eigenvalue weighted by Crippen LogP contribution is 2.32. The molecule has 0 spiro atoms. The van der Waals surface area contributed by atoms with E-state index in [9.17, 15) is 24.0 Å². The Morgan fingerprint density at radius 2 is 1.45 bits per heavy atom. The van der Waals surface area contributed by atoms with Gasteiger partial charge in [-0.1, -0.05) is 51.5 Å². The number of carbonyl (C=O) groups is 5. The lowest BCUT2D eigenvalue weighted by Crippen LogP contribution is -2.54. The Balaban J connectivity index is 1.24. The molecule has 2 heterocycles. The van der Waals surface area contributed by atoms with Crippen LogP contribution in [0.15, 0.2) is 18.2 Å². The number of benzene rings is 1. The van der Waals surface area contributed by atoms with Crippen molar-refractivity contribution >= 4 is 35.2 Å². The van der Waals surface area contributed by atoms with E-state index in [1.165, 1.54) is 38.2 Å². The van der Waals surface area contributed by atoms with Gasteiger partial charge >= 0.3 is 0 Å². The average Bonchev–Trinajstić information content (AvgIpc) is 3.22. The van der Waals surface area contributed by atoms with Gasteiger partial charge in [0.05, 0.1) is 43.2 Å². The number of hydrogen-bond acceptors (Lipinski definition) is 8. The van der Waals surface area contributed by atoms with Crippen LogP contribution in [-0.2, 0) is 28.6 Å². The first-order chi connectivity index (χ1) is 20.4. The summed E-state index contributed by atoms with van der Waals surface area (Å²) in [6.07, 6.45) is 10.1. The number of nitrogens with zero attached hydrogens (tertiary/aromatic N) is 1. The summed E-state index contributed by atoms with van der Waals surface area (Å²) in [4.78, 5) is 63.3. The van der Waals surface area contributed by atoms with E-state index in [2.05, 4.69) is 17.6 Å². The summed E-state index contributed by atoms with van der Waals surface area (Å²) < 4.78 is 16.7. The van der Waals surface area contributed by atoms with Crippen molar-refractivity contribution in [2.75, 3.05) is 45.0 Å². The van der Waals surface area contributed by atoms with Gasteiger partial charge in [0.1, 0.15) is 6.04 Å². The summed E-state index contributed by atoms with van der Waals surface area (Å²) in [5.41, 5.74) is 0.437. The molecule has 1 aromatic carbocycles. The maximum absolute atomic E-state index is 13.1. The second-order valence-corrected chi connectivity index (χ2v) is 10.6. The van der Waals surface area contributed by atoms with Crippen molar-refractivity contribution in [3.63, 3.8) is 0 Å². The van der Waals surface area contributed by atoms with Crippen LogP contribution in [0.3, 0.4) is 0 Å². The molecule has 0 radical (unpaired) electrons. The third kappa shape index (κ3) is 10.3. The van der Waals surface area contributed by atoms with Crippen LogP contribution in [0, 0.1) is 0 Å². The first-order valence-corrected chi connectivity index (χ1v) is 15.3. The van der Waals surface area contributed by atoms with Crippen LogP contribution in [0.4, 0.5) is 5.69 Å². The summed E-state index contributed by atoms with van der Waals surface area (Å²) in [7, 11) is 0. The van der Waals surface area contributed by atoms with Crippen LogP contribution in [0.2, 0.25) is 0 Å². The summed E-state index contributed by atoms with van der Waals surface area (Å²) in [5, 5.41) is 4.91. The first kappa shape index (κ1) is 33.4. The molecule has 1 saturated heterocycles. The molecule has 0 aliphatic carbocycles. The molecule has 2 aliphatic heterocycles. The Morgan fingerprint density at radius 3 is 2.12 bits per heavy atom. The van der Waals surface area contributed by atoms with Crippen LogP contribution in [0.25, 0.3) is 0 Å². The number of nitrogens with one attached hydrogen (secondary N) is 2. The molecule has 1 unspecified atom stereocenters. The lowest BCUT2D eigenvalue weighted by molar-refractivity contribution is -0.136. The fourth-order valence-corrected chi connectivity index (χ4v) is 5.02. The molecule has 2 N–H and O–H groups in total. The van der Waals surface area contributed by atoms with Crippen molar-refractivity contribution in [1.29, 1.82) is 0 Å². The van der Waals surface area contributed by atoms with E-state index in [1.807, 2.05) is 0 Å². The van der Waals surface area contributed by atoms with Crippen molar-refractivity contribution in [2.45, 2.75) is 90.0 Å². The molecule has 1 aromatic rings. The van der Waals surface area contributed by atoms with Crippen molar-refractivity contribution in [2.24, 2.45) is 0 Å². The van der Waals surface area contributed by atoms with E-state index < -0.39 is 29.7 Å². The standard InChI is InChI=1S/C31H45N3O8/c1-2-3-4-5-6-9-17-40-19-21-42-22-20-41-18-10-7-8-14-26(35)32-24-13-11-12-23-28(24)31(39)34(30(23)38)25-15-16-27(36)33-29(25)37/h11-13,25H,2-10,14-22H2,1H3,(H,32,35)(H,33,36,37). The lowest BCUT2D eigenvalue weighted by atomic mass is 10.0. The number of imide groups is 2. The third-order valence-electron chi connectivity index (χ3n) is 7.32. The number of rotatable bonds is 21. The molecule has 5 amide bonds. The molecule has 11 nitrogen and oxygen atoms in total. The van der Waals surface area contributed by atoms with E-state index in [0.717, 1.165) is 30.8 Å². The molecule has 232 valence electrons. The van der Waals surface area contributed by atoms with Crippen molar-refractivity contribution in [3.05, 3.63) is 29.3 Å². The van der Waals surface area contributed by atoms with Gasteiger partial charge in [-0.05, 0) is 37.8 Å². The fourth-order valence-electron chi connectivity index (χ4n) is 5.02. The van der Waals surface area contributed by atoms with Gasteiger partial charge in [0, 0.05) is 26.1 Å². The largest absolute Gasteiger partial charge is 0.379 e. The normalized spacial score (nSPS) is 16.6. The molecular formula is C31H45N3O8. The minimum atomic E-state index is -1.05. The first-order valence-electron chi connectivity index (χ1n) is 15.3. The highest BCUT2D eigenvalue weighted by molar-refractivity contribution is 6.26. The Bertz CT molecular complexity index is 1080. The predicted octanol–water partition coefficient (Wildman–Crippen LogP) is 4.00. The van der Waals surface area contributed by atoms with E-state index in [-0.39, 0.29) is 42.0 Å². The number of carbonyl (C=O) groups excluding carboxylic acids is 5. The zero-order chi connectivity index (χ0) is 30.2. The number of piperidine rings is 1. The molecule has 1 atom stereocenters. The van der Waals surface area contributed by atoms with Gasteiger partial charge < -0.3 is 19.5 Å². The second-order valence-electron chi connectivity index (χ2n) is 10.6. The van der Waals surface area contributed by atoms with Crippen LogP contribution >= 0.6 is 0 Å². The van der Waals surface area contributed by atoms with Crippen LogP contribution in [-0.4, -0.2) is 80.1 Å². The van der Waals surface area contributed by atoms with Crippen LogP contribution in [0.5, 0.6) is 0 Å². The number of unbranched alkanes of at least 4 members (excludes halogenated alkanes) is 7. The van der Waals surface area contributed by atoms with Crippen molar-refractivity contribution < 1.29 is 38.2 Å². The van der Waals surface area contributed by atoms with Crippen molar-refractivity contribution in [1.82, 2.24) is 10.2 Å². The zero-order valence-electron chi connectivity index (χ0n) is 24.8. The highest BCUT2D eigenvalue weighted by Gasteiger charge is 2.45. The second kappa shape index (κ2) is 18.4.